The molecule has 4 aromatic rings. The van der Waals surface area contributed by atoms with E-state index in [0.29, 0.717) is 11.7 Å². The van der Waals surface area contributed by atoms with Crippen molar-refractivity contribution in [3.63, 3.8) is 0 Å². The van der Waals surface area contributed by atoms with Gasteiger partial charge in [-0.2, -0.15) is 5.10 Å². The fourth-order valence-electron chi connectivity index (χ4n) is 2.69. The van der Waals surface area contributed by atoms with Gasteiger partial charge in [-0.05, 0) is 30.0 Å². The average Bonchev–Trinajstić information content (AvgIpc) is 3.12. The lowest BCUT2D eigenvalue weighted by molar-refractivity contribution is 0.877. The third-order valence-corrected chi connectivity index (χ3v) is 4.91. The van der Waals surface area contributed by atoms with E-state index in [1.54, 1.807) is 6.20 Å². The van der Waals surface area contributed by atoms with Crippen molar-refractivity contribution in [2.45, 2.75) is 11.7 Å². The molecule has 0 saturated carbocycles. The van der Waals surface area contributed by atoms with Crippen molar-refractivity contribution in [3.8, 4) is 5.69 Å². The maximum absolute atomic E-state index is 6.26. The number of nitrogens with one attached hydrogen (secondary N) is 1. The van der Waals surface area contributed by atoms with Crippen molar-refractivity contribution < 1.29 is 0 Å². The van der Waals surface area contributed by atoms with Crippen LogP contribution in [0.1, 0.15) is 5.56 Å². The van der Waals surface area contributed by atoms with Gasteiger partial charge in [0, 0.05) is 11.6 Å². The molecule has 26 heavy (non-hydrogen) atoms. The predicted molar refractivity (Wildman–Crippen MR) is 107 cm³/mol. The molecule has 0 aliphatic rings. The van der Waals surface area contributed by atoms with Crippen LogP contribution in [0.5, 0.6) is 0 Å². The lowest BCUT2D eigenvalue weighted by Gasteiger charge is -2.10. The molecule has 4 rings (SSSR count). The maximum atomic E-state index is 6.26. The Morgan fingerprint density at radius 2 is 1.81 bits per heavy atom. The van der Waals surface area contributed by atoms with Crippen LogP contribution in [0.4, 0.5) is 5.82 Å². The summed E-state index contributed by atoms with van der Waals surface area (Å²) in [5, 5.41) is 10.2. The van der Waals surface area contributed by atoms with E-state index in [1.807, 2.05) is 65.5 Å². The molecular formula is C19H16ClN5S. The highest BCUT2D eigenvalue weighted by Crippen LogP contribution is 2.26. The van der Waals surface area contributed by atoms with Gasteiger partial charge in [-0.1, -0.05) is 59.8 Å². The quantitative estimate of drug-likeness (QED) is 0.397. The van der Waals surface area contributed by atoms with E-state index in [-0.39, 0.29) is 0 Å². The summed E-state index contributed by atoms with van der Waals surface area (Å²) in [6.45, 7) is 0.579. The number of thioether (sulfide) groups is 1. The van der Waals surface area contributed by atoms with Gasteiger partial charge in [-0.15, -0.1) is 0 Å². The summed E-state index contributed by atoms with van der Waals surface area (Å²) in [4.78, 5) is 9.26. The minimum atomic E-state index is 0.579. The zero-order valence-corrected chi connectivity index (χ0v) is 15.6. The molecule has 0 unspecified atom stereocenters. The molecule has 0 fully saturated rings. The van der Waals surface area contributed by atoms with Gasteiger partial charge in [0.25, 0.3) is 0 Å². The van der Waals surface area contributed by atoms with E-state index in [2.05, 4.69) is 20.4 Å². The lowest BCUT2D eigenvalue weighted by atomic mass is 10.2. The summed E-state index contributed by atoms with van der Waals surface area (Å²) >= 11 is 7.76. The summed E-state index contributed by atoms with van der Waals surface area (Å²) in [7, 11) is 0. The molecule has 5 nitrogen and oxygen atoms in total. The Kier molecular flexibility index (Phi) is 4.77. The van der Waals surface area contributed by atoms with Crippen molar-refractivity contribution in [1.82, 2.24) is 19.7 Å². The number of benzene rings is 2. The summed E-state index contributed by atoms with van der Waals surface area (Å²) < 4.78 is 1.83. The third kappa shape index (κ3) is 3.25. The Hall–Kier alpha value is -2.57. The molecule has 0 aliphatic carbocycles. The van der Waals surface area contributed by atoms with Gasteiger partial charge in [0.1, 0.15) is 5.82 Å². The lowest BCUT2D eigenvalue weighted by Crippen LogP contribution is -2.05. The molecule has 0 spiro atoms. The number of hydrogen-bond acceptors (Lipinski definition) is 5. The van der Waals surface area contributed by atoms with Crippen molar-refractivity contribution in [1.29, 1.82) is 0 Å². The number of fused-ring (bicyclic) bond motifs is 1. The van der Waals surface area contributed by atoms with Crippen LogP contribution >= 0.6 is 23.4 Å². The molecule has 2 heterocycles. The normalized spacial score (nSPS) is 11.0. The largest absolute Gasteiger partial charge is 0.365 e. The first-order chi connectivity index (χ1) is 12.8. The Morgan fingerprint density at radius 3 is 2.58 bits per heavy atom. The molecule has 0 saturated heterocycles. The van der Waals surface area contributed by atoms with Gasteiger partial charge < -0.3 is 5.32 Å². The van der Waals surface area contributed by atoms with Crippen LogP contribution < -0.4 is 5.32 Å². The first-order valence-electron chi connectivity index (χ1n) is 8.09. The highest BCUT2D eigenvalue weighted by molar-refractivity contribution is 7.98. The molecule has 2 aromatic heterocycles. The number of rotatable bonds is 5. The summed E-state index contributed by atoms with van der Waals surface area (Å²) in [6, 6.07) is 17.7. The number of hydrogen-bond donors (Lipinski definition) is 1. The molecule has 1 N–H and O–H groups in total. The molecule has 0 radical (unpaired) electrons. The molecule has 0 bridgehead atoms. The zero-order chi connectivity index (χ0) is 17.9. The van der Waals surface area contributed by atoms with E-state index in [9.17, 15) is 0 Å². The van der Waals surface area contributed by atoms with Crippen molar-refractivity contribution in [2.24, 2.45) is 0 Å². The Labute approximate surface area is 160 Å². The zero-order valence-electron chi connectivity index (χ0n) is 14.1. The number of para-hydroxylation sites is 1. The number of anilines is 1. The fourth-order valence-corrected chi connectivity index (χ4v) is 3.26. The van der Waals surface area contributed by atoms with Crippen LogP contribution in [0.3, 0.4) is 0 Å². The standard InChI is InChI=1S/C19H16ClN5S/c1-26-19-23-17(21-11-13-7-5-6-10-16(13)20)15-12-22-25(18(15)24-19)14-8-3-2-4-9-14/h2-10,12H,11H2,1H3,(H,21,23,24). The Balaban J connectivity index is 1.75. The van der Waals surface area contributed by atoms with Crippen molar-refractivity contribution in [3.05, 3.63) is 71.4 Å². The molecule has 2 aromatic carbocycles. The number of nitrogens with zero attached hydrogens (tertiary/aromatic N) is 4. The second-order valence-electron chi connectivity index (χ2n) is 5.63. The molecular weight excluding hydrogens is 366 g/mol. The second kappa shape index (κ2) is 7.35. The third-order valence-electron chi connectivity index (χ3n) is 4.00. The minimum absolute atomic E-state index is 0.579. The molecule has 7 heteroatoms. The van der Waals surface area contributed by atoms with Gasteiger partial charge in [0.15, 0.2) is 10.8 Å². The van der Waals surface area contributed by atoms with Crippen LogP contribution in [0.25, 0.3) is 16.7 Å². The summed E-state index contributed by atoms with van der Waals surface area (Å²) in [6.07, 6.45) is 3.75. The van der Waals surface area contributed by atoms with Crippen molar-refractivity contribution in [2.75, 3.05) is 11.6 Å². The monoisotopic (exact) mass is 381 g/mol. The van der Waals surface area contributed by atoms with Crippen LogP contribution in [-0.4, -0.2) is 26.0 Å². The van der Waals surface area contributed by atoms with E-state index >= 15 is 0 Å². The highest BCUT2D eigenvalue weighted by atomic mass is 35.5. The van der Waals surface area contributed by atoms with E-state index in [0.717, 1.165) is 33.1 Å². The summed E-state index contributed by atoms with van der Waals surface area (Å²) in [5.41, 5.74) is 2.75. The topological polar surface area (TPSA) is 55.6 Å². The average molecular weight is 382 g/mol. The van der Waals surface area contributed by atoms with Crippen LogP contribution in [0, 0.1) is 0 Å². The van der Waals surface area contributed by atoms with Gasteiger partial charge in [-0.25, -0.2) is 14.6 Å². The van der Waals surface area contributed by atoms with Crippen molar-refractivity contribution >= 4 is 40.2 Å². The highest BCUT2D eigenvalue weighted by Gasteiger charge is 2.14. The first-order valence-corrected chi connectivity index (χ1v) is 9.69. The van der Waals surface area contributed by atoms with E-state index in [4.69, 9.17) is 11.6 Å². The minimum Gasteiger partial charge on any atom is -0.365 e. The second-order valence-corrected chi connectivity index (χ2v) is 6.81. The fraction of sp³-hybridized carbons (Fsp3) is 0.105. The van der Waals surface area contributed by atoms with Gasteiger partial charge in [0.2, 0.25) is 0 Å². The summed E-state index contributed by atoms with van der Waals surface area (Å²) in [5.74, 6) is 0.751. The van der Waals surface area contributed by atoms with Gasteiger partial charge >= 0.3 is 0 Å². The smallest absolute Gasteiger partial charge is 0.191 e. The van der Waals surface area contributed by atoms with Gasteiger partial charge in [0.05, 0.1) is 17.3 Å². The van der Waals surface area contributed by atoms with Crippen LogP contribution in [0.2, 0.25) is 5.02 Å². The Bertz CT molecular complexity index is 1050. The number of aromatic nitrogens is 4. The molecule has 0 aliphatic heterocycles. The van der Waals surface area contributed by atoms with E-state index < -0.39 is 0 Å². The van der Waals surface area contributed by atoms with E-state index in [1.165, 1.54) is 11.8 Å². The molecule has 0 amide bonds. The molecule has 0 atom stereocenters. The first kappa shape index (κ1) is 16.9. The SMILES string of the molecule is CSc1nc(NCc2ccccc2Cl)c2cnn(-c3ccccc3)c2n1. The Morgan fingerprint density at radius 1 is 1.04 bits per heavy atom. The van der Waals surface area contributed by atoms with Gasteiger partial charge in [-0.3, -0.25) is 0 Å². The molecule has 130 valence electrons. The number of halogens is 1. The maximum Gasteiger partial charge on any atom is 0.191 e. The van der Waals surface area contributed by atoms with Crippen LogP contribution in [0.15, 0.2) is 66.0 Å². The predicted octanol–water partition coefficient (Wildman–Crippen LogP) is 4.80. The van der Waals surface area contributed by atoms with Crippen LogP contribution in [-0.2, 0) is 6.54 Å².